The third-order valence-corrected chi connectivity index (χ3v) is 2.13. The fourth-order valence-electron chi connectivity index (χ4n) is 1.28. The van der Waals surface area contributed by atoms with Crippen molar-refractivity contribution in [1.29, 1.82) is 0 Å². The quantitative estimate of drug-likeness (QED) is 0.593. The summed E-state index contributed by atoms with van der Waals surface area (Å²) >= 11 is 0. The average molecular weight is 201 g/mol. The van der Waals surface area contributed by atoms with Crippen LogP contribution in [0.5, 0.6) is 0 Å². The van der Waals surface area contributed by atoms with Crippen molar-refractivity contribution in [3.8, 4) is 0 Å². The maximum Gasteiger partial charge on any atom is 0.307 e. The van der Waals surface area contributed by atoms with Crippen LogP contribution in [-0.4, -0.2) is 50.2 Å². The normalized spacial score (nSPS) is 17.8. The Morgan fingerprint density at radius 1 is 1.57 bits per heavy atom. The van der Waals surface area contributed by atoms with Gasteiger partial charge in [-0.3, -0.25) is 9.59 Å². The predicted molar refractivity (Wildman–Crippen MR) is 48.6 cm³/mol. The van der Waals surface area contributed by atoms with Gasteiger partial charge >= 0.3 is 5.97 Å². The summed E-state index contributed by atoms with van der Waals surface area (Å²) in [4.78, 5) is 23.9. The van der Waals surface area contributed by atoms with E-state index in [0.717, 1.165) is 0 Å². The third-order valence-electron chi connectivity index (χ3n) is 2.13. The van der Waals surface area contributed by atoms with Gasteiger partial charge in [-0.2, -0.15) is 0 Å². The highest BCUT2D eigenvalue weighted by molar-refractivity contribution is 5.77. The van der Waals surface area contributed by atoms with Crippen LogP contribution in [0.15, 0.2) is 0 Å². The maximum absolute atomic E-state index is 11.4. The zero-order valence-corrected chi connectivity index (χ0v) is 8.32. The summed E-state index contributed by atoms with van der Waals surface area (Å²) in [5.74, 6) is -0.241. The maximum atomic E-state index is 11.4. The van der Waals surface area contributed by atoms with Crippen LogP contribution in [0.4, 0.5) is 0 Å². The van der Waals surface area contributed by atoms with Crippen molar-refractivity contribution in [1.82, 2.24) is 4.90 Å². The van der Waals surface area contributed by atoms with Gasteiger partial charge in [-0.25, -0.2) is 0 Å². The number of esters is 1. The molecule has 0 N–H and O–H groups in total. The molecule has 1 aliphatic rings. The van der Waals surface area contributed by atoms with Crippen LogP contribution in [0.2, 0.25) is 0 Å². The van der Waals surface area contributed by atoms with Crippen molar-refractivity contribution >= 4 is 11.9 Å². The lowest BCUT2D eigenvalue weighted by Crippen LogP contribution is -2.33. The molecule has 14 heavy (non-hydrogen) atoms. The van der Waals surface area contributed by atoms with Crippen LogP contribution in [-0.2, 0) is 19.1 Å². The van der Waals surface area contributed by atoms with Gasteiger partial charge in [0.1, 0.15) is 0 Å². The molecular weight excluding hydrogens is 186 g/mol. The Morgan fingerprint density at radius 3 is 3.07 bits per heavy atom. The lowest BCUT2D eigenvalue weighted by Gasteiger charge is -2.18. The number of rotatable bonds is 3. The molecule has 1 rings (SSSR count). The molecule has 80 valence electrons. The standard InChI is InChI=1S/C9H15NO4/c1-13-9(12)2-4-10-5-7-14-6-3-8(10)11/h2-7H2,1H3. The van der Waals surface area contributed by atoms with Crippen LogP contribution < -0.4 is 0 Å². The molecule has 1 heterocycles. The molecular formula is C9H15NO4. The number of hydrogen-bond acceptors (Lipinski definition) is 4. The number of nitrogens with zero attached hydrogens (tertiary/aromatic N) is 1. The molecule has 0 spiro atoms. The van der Waals surface area contributed by atoms with Gasteiger partial charge in [0, 0.05) is 13.1 Å². The van der Waals surface area contributed by atoms with E-state index in [4.69, 9.17) is 4.74 Å². The smallest absolute Gasteiger partial charge is 0.307 e. The first-order valence-electron chi connectivity index (χ1n) is 4.66. The van der Waals surface area contributed by atoms with Gasteiger partial charge in [0.2, 0.25) is 5.91 Å². The molecule has 0 aromatic carbocycles. The average Bonchev–Trinajstić information content (AvgIpc) is 2.39. The Morgan fingerprint density at radius 2 is 2.36 bits per heavy atom. The summed E-state index contributed by atoms with van der Waals surface area (Å²) in [5.41, 5.74) is 0. The monoisotopic (exact) mass is 201 g/mol. The highest BCUT2D eigenvalue weighted by Gasteiger charge is 2.17. The summed E-state index contributed by atoms with van der Waals surface area (Å²) in [6.45, 7) is 2.02. The minimum atomic E-state index is -0.289. The molecule has 1 saturated heterocycles. The summed E-state index contributed by atoms with van der Waals surface area (Å²) < 4.78 is 9.65. The second-order valence-electron chi connectivity index (χ2n) is 3.07. The van der Waals surface area contributed by atoms with Crippen molar-refractivity contribution < 1.29 is 19.1 Å². The van der Waals surface area contributed by atoms with Crippen LogP contribution in [0, 0.1) is 0 Å². The Balaban J connectivity index is 2.33. The van der Waals surface area contributed by atoms with Crippen LogP contribution in [0.25, 0.3) is 0 Å². The number of carbonyl (C=O) groups excluding carboxylic acids is 2. The molecule has 0 aliphatic carbocycles. The molecule has 0 bridgehead atoms. The third kappa shape index (κ3) is 3.33. The van der Waals surface area contributed by atoms with Gasteiger partial charge in [0.25, 0.3) is 0 Å². The first kappa shape index (κ1) is 11.0. The fourth-order valence-corrected chi connectivity index (χ4v) is 1.28. The topological polar surface area (TPSA) is 55.8 Å². The van der Waals surface area contributed by atoms with Crippen molar-refractivity contribution in [2.75, 3.05) is 33.4 Å². The van der Waals surface area contributed by atoms with E-state index in [1.807, 2.05) is 0 Å². The van der Waals surface area contributed by atoms with Crippen molar-refractivity contribution in [2.24, 2.45) is 0 Å². The summed E-state index contributed by atoms with van der Waals surface area (Å²) in [6.07, 6.45) is 0.656. The van der Waals surface area contributed by atoms with Gasteiger partial charge in [-0.15, -0.1) is 0 Å². The van der Waals surface area contributed by atoms with Gasteiger partial charge in [-0.05, 0) is 0 Å². The Hall–Kier alpha value is -1.10. The second-order valence-corrected chi connectivity index (χ2v) is 3.07. The molecule has 0 aromatic heterocycles. The molecule has 1 fully saturated rings. The lowest BCUT2D eigenvalue weighted by molar-refractivity contribution is -0.141. The predicted octanol–water partition coefficient (Wildman–Crippen LogP) is -0.202. The van der Waals surface area contributed by atoms with Crippen LogP contribution in [0.3, 0.4) is 0 Å². The van der Waals surface area contributed by atoms with Crippen LogP contribution in [0.1, 0.15) is 12.8 Å². The molecule has 0 radical (unpaired) electrons. The summed E-state index contributed by atoms with van der Waals surface area (Å²) in [6, 6.07) is 0. The molecule has 0 saturated carbocycles. The minimum absolute atomic E-state index is 0.0476. The second kappa shape index (κ2) is 5.59. The molecule has 0 atom stereocenters. The van der Waals surface area contributed by atoms with E-state index in [1.54, 1.807) is 4.90 Å². The molecule has 5 heteroatoms. The van der Waals surface area contributed by atoms with Gasteiger partial charge < -0.3 is 14.4 Å². The van der Waals surface area contributed by atoms with Crippen LogP contribution >= 0.6 is 0 Å². The van der Waals surface area contributed by atoms with E-state index in [1.165, 1.54) is 7.11 Å². The number of carbonyl (C=O) groups is 2. The molecule has 5 nitrogen and oxygen atoms in total. The highest BCUT2D eigenvalue weighted by atomic mass is 16.5. The van der Waals surface area contributed by atoms with Crippen molar-refractivity contribution in [2.45, 2.75) is 12.8 Å². The molecule has 0 unspecified atom stereocenters. The number of amides is 1. The number of hydrogen-bond donors (Lipinski definition) is 0. The molecule has 1 amide bonds. The van der Waals surface area contributed by atoms with E-state index >= 15 is 0 Å². The highest BCUT2D eigenvalue weighted by Crippen LogP contribution is 2.02. The Labute approximate surface area is 83.0 Å². The lowest BCUT2D eigenvalue weighted by atomic mass is 10.3. The Kier molecular flexibility index (Phi) is 4.39. The van der Waals surface area contributed by atoms with Gasteiger partial charge in [0.05, 0.1) is 33.2 Å². The van der Waals surface area contributed by atoms with E-state index < -0.39 is 0 Å². The first-order valence-corrected chi connectivity index (χ1v) is 4.66. The Bertz CT molecular complexity index is 217. The molecule has 1 aliphatic heterocycles. The largest absolute Gasteiger partial charge is 0.469 e. The zero-order chi connectivity index (χ0) is 10.4. The minimum Gasteiger partial charge on any atom is -0.469 e. The van der Waals surface area contributed by atoms with Gasteiger partial charge in [0.15, 0.2) is 0 Å². The summed E-state index contributed by atoms with van der Waals surface area (Å²) in [7, 11) is 1.34. The van der Waals surface area contributed by atoms with Crippen molar-refractivity contribution in [3.05, 3.63) is 0 Å². The molecule has 0 aromatic rings. The van der Waals surface area contributed by atoms with E-state index in [9.17, 15) is 9.59 Å². The number of ether oxygens (including phenoxy) is 2. The zero-order valence-electron chi connectivity index (χ0n) is 8.32. The SMILES string of the molecule is COC(=O)CCN1CCOCCC1=O. The first-order chi connectivity index (χ1) is 6.74. The summed E-state index contributed by atoms with van der Waals surface area (Å²) in [5, 5.41) is 0. The van der Waals surface area contributed by atoms with E-state index in [2.05, 4.69) is 4.74 Å². The van der Waals surface area contributed by atoms with E-state index in [-0.39, 0.29) is 18.3 Å². The van der Waals surface area contributed by atoms with Crippen molar-refractivity contribution in [3.63, 3.8) is 0 Å². The van der Waals surface area contributed by atoms with Gasteiger partial charge in [-0.1, -0.05) is 0 Å². The van der Waals surface area contributed by atoms with E-state index in [0.29, 0.717) is 32.7 Å². The fraction of sp³-hybridized carbons (Fsp3) is 0.778. The number of methoxy groups -OCH3 is 1.